The number of fused-ring (bicyclic) bond motifs is 1. The maximum absolute atomic E-state index is 14.4. The van der Waals surface area contributed by atoms with Gasteiger partial charge in [-0.05, 0) is 27.6 Å². The fourth-order valence-corrected chi connectivity index (χ4v) is 3.70. The van der Waals surface area contributed by atoms with Crippen LogP contribution in [0.4, 0.5) is 10.1 Å². The third kappa shape index (κ3) is 5.08. The number of hydrogen-bond acceptors (Lipinski definition) is 7. The molecule has 0 spiro atoms. The summed E-state index contributed by atoms with van der Waals surface area (Å²) < 4.78 is 35.2. The molecule has 0 unspecified atom stereocenters. The topological polar surface area (TPSA) is 91.4 Å². The van der Waals surface area contributed by atoms with Gasteiger partial charge >= 0.3 is 11.9 Å². The number of anilines is 1. The summed E-state index contributed by atoms with van der Waals surface area (Å²) in [7, 11) is 2.30. The molecule has 1 atom stereocenters. The molecule has 0 N–H and O–H groups in total. The van der Waals surface area contributed by atoms with Gasteiger partial charge in [0.15, 0.2) is 5.75 Å². The van der Waals surface area contributed by atoms with Gasteiger partial charge in [-0.2, -0.15) is 0 Å². The van der Waals surface area contributed by atoms with Crippen molar-refractivity contribution in [2.75, 3.05) is 32.3 Å². The van der Waals surface area contributed by atoms with Gasteiger partial charge in [-0.3, -0.25) is 14.5 Å². The Labute approximate surface area is 192 Å². The van der Waals surface area contributed by atoms with Gasteiger partial charge in [0.1, 0.15) is 24.5 Å². The summed E-state index contributed by atoms with van der Waals surface area (Å²) in [6, 6.07) is 9.67. The van der Waals surface area contributed by atoms with Crippen LogP contribution in [0.5, 0.6) is 5.75 Å². The Hall–Kier alpha value is -2.98. The van der Waals surface area contributed by atoms with Crippen LogP contribution in [0.15, 0.2) is 40.9 Å². The summed E-state index contributed by atoms with van der Waals surface area (Å²) in [6.45, 7) is 0.272. The molecule has 0 bridgehead atoms. The molecule has 8 nitrogen and oxygen atoms in total. The highest BCUT2D eigenvalue weighted by atomic mass is 79.9. The molecule has 3 rings (SSSR count). The number of carbonyl (C=O) groups excluding carboxylic acids is 3. The first-order chi connectivity index (χ1) is 15.4. The first-order valence-corrected chi connectivity index (χ1v) is 10.4. The SMILES string of the molecule is COC(=O)CC(=O)N1c2c(C(=O)OC)cc(F)c(Br)c2OC[C@@H]1COCc1ccccc1. The van der Waals surface area contributed by atoms with Crippen LogP contribution in [0.2, 0.25) is 0 Å². The predicted octanol–water partition coefficient (Wildman–Crippen LogP) is 3.25. The molecule has 0 radical (unpaired) electrons. The second-order valence-electron chi connectivity index (χ2n) is 6.87. The standard InChI is InChI=1S/C22H21BrFNO7/c1-29-18(27)9-17(26)25-14(11-31-10-13-6-4-3-5-7-13)12-32-21-19(23)16(24)8-15(20(21)25)22(28)30-2/h3-8,14H,9-12H2,1-2H3/t14-/m0/s1. The molecule has 10 heteroatoms. The molecule has 1 aliphatic rings. The van der Waals surface area contributed by atoms with Gasteiger partial charge in [-0.25, -0.2) is 9.18 Å². The summed E-state index contributed by atoms with van der Waals surface area (Å²) in [5.41, 5.74) is 0.713. The molecule has 0 saturated heterocycles. The van der Waals surface area contributed by atoms with Crippen LogP contribution in [0.1, 0.15) is 22.3 Å². The van der Waals surface area contributed by atoms with Gasteiger partial charge < -0.3 is 18.9 Å². The molecule has 0 aliphatic carbocycles. The maximum atomic E-state index is 14.4. The van der Waals surface area contributed by atoms with E-state index in [4.69, 9.17) is 14.2 Å². The zero-order chi connectivity index (χ0) is 23.3. The van der Waals surface area contributed by atoms with Crippen LogP contribution in [-0.2, 0) is 30.4 Å². The van der Waals surface area contributed by atoms with Gasteiger partial charge in [-0.1, -0.05) is 30.3 Å². The van der Waals surface area contributed by atoms with Crippen LogP contribution in [0, 0.1) is 5.82 Å². The number of hydrogen-bond donors (Lipinski definition) is 0. The molecule has 2 aromatic carbocycles. The van der Waals surface area contributed by atoms with E-state index < -0.39 is 36.1 Å². The Bertz CT molecular complexity index is 1020. The minimum atomic E-state index is -0.863. The molecular weight excluding hydrogens is 489 g/mol. The summed E-state index contributed by atoms with van der Waals surface area (Å²) in [5, 5.41) is 0. The minimum Gasteiger partial charge on any atom is -0.488 e. The van der Waals surface area contributed by atoms with E-state index in [9.17, 15) is 18.8 Å². The molecule has 1 heterocycles. The van der Waals surface area contributed by atoms with Crippen molar-refractivity contribution in [3.8, 4) is 5.75 Å². The molecule has 0 fully saturated rings. The number of esters is 2. The van der Waals surface area contributed by atoms with E-state index in [2.05, 4.69) is 20.7 Å². The van der Waals surface area contributed by atoms with E-state index in [1.165, 1.54) is 4.90 Å². The van der Waals surface area contributed by atoms with Gasteiger partial charge in [0.2, 0.25) is 5.91 Å². The summed E-state index contributed by atoms with van der Waals surface area (Å²) in [5.74, 6) is -3.07. The van der Waals surface area contributed by atoms with Crippen molar-refractivity contribution in [2.24, 2.45) is 0 Å². The Balaban J connectivity index is 1.97. The van der Waals surface area contributed by atoms with Crippen LogP contribution >= 0.6 is 15.9 Å². The summed E-state index contributed by atoms with van der Waals surface area (Å²) in [6.07, 6.45) is -0.583. The summed E-state index contributed by atoms with van der Waals surface area (Å²) >= 11 is 3.10. The molecule has 170 valence electrons. The van der Waals surface area contributed by atoms with E-state index in [-0.39, 0.29) is 41.3 Å². The van der Waals surface area contributed by atoms with Gasteiger partial charge in [-0.15, -0.1) is 0 Å². The molecular formula is C22H21BrFNO7. The summed E-state index contributed by atoms with van der Waals surface area (Å²) in [4.78, 5) is 38.5. The largest absolute Gasteiger partial charge is 0.488 e. The van der Waals surface area contributed by atoms with Crippen LogP contribution in [0.3, 0.4) is 0 Å². The zero-order valence-electron chi connectivity index (χ0n) is 17.4. The smallest absolute Gasteiger partial charge is 0.340 e. The quantitative estimate of drug-likeness (QED) is 0.417. The lowest BCUT2D eigenvalue weighted by molar-refractivity contribution is -0.143. The predicted molar refractivity (Wildman–Crippen MR) is 115 cm³/mol. The molecule has 0 aromatic heterocycles. The number of nitrogens with zero attached hydrogens (tertiary/aromatic N) is 1. The molecule has 1 amide bonds. The lowest BCUT2D eigenvalue weighted by atomic mass is 10.1. The van der Waals surface area contributed by atoms with Gasteiger partial charge in [0, 0.05) is 0 Å². The van der Waals surface area contributed by atoms with Crippen molar-refractivity contribution in [1.29, 1.82) is 0 Å². The highest BCUT2D eigenvalue weighted by Gasteiger charge is 2.39. The Morgan fingerprint density at radius 3 is 2.56 bits per heavy atom. The Morgan fingerprint density at radius 1 is 1.19 bits per heavy atom. The van der Waals surface area contributed by atoms with Crippen LogP contribution in [0.25, 0.3) is 0 Å². The second-order valence-corrected chi connectivity index (χ2v) is 7.66. The van der Waals surface area contributed by atoms with Crippen molar-refractivity contribution in [1.82, 2.24) is 0 Å². The van der Waals surface area contributed by atoms with E-state index >= 15 is 0 Å². The number of rotatable bonds is 7. The van der Waals surface area contributed by atoms with Gasteiger partial charge in [0.05, 0.1) is 43.5 Å². The average Bonchev–Trinajstić information content (AvgIpc) is 2.81. The number of carbonyl (C=O) groups is 3. The number of ether oxygens (including phenoxy) is 4. The minimum absolute atomic E-state index is 0.00131. The molecule has 32 heavy (non-hydrogen) atoms. The number of amides is 1. The normalized spacial score (nSPS) is 14.9. The number of methoxy groups -OCH3 is 2. The van der Waals surface area contributed by atoms with Gasteiger partial charge in [0.25, 0.3) is 0 Å². The lowest BCUT2D eigenvalue weighted by Crippen LogP contribution is -2.50. The monoisotopic (exact) mass is 509 g/mol. The van der Waals surface area contributed by atoms with Crippen molar-refractivity contribution in [3.05, 3.63) is 57.8 Å². The third-order valence-electron chi connectivity index (χ3n) is 4.80. The fraction of sp³-hybridized carbons (Fsp3) is 0.318. The van der Waals surface area contributed by atoms with Crippen molar-refractivity contribution in [3.63, 3.8) is 0 Å². The van der Waals surface area contributed by atoms with Crippen molar-refractivity contribution < 1.29 is 37.7 Å². The first-order valence-electron chi connectivity index (χ1n) is 9.61. The highest BCUT2D eigenvalue weighted by molar-refractivity contribution is 9.10. The van der Waals surface area contributed by atoms with Crippen molar-refractivity contribution >= 4 is 39.5 Å². The van der Waals surface area contributed by atoms with Crippen LogP contribution < -0.4 is 9.64 Å². The van der Waals surface area contributed by atoms with Crippen molar-refractivity contribution in [2.45, 2.75) is 19.1 Å². The Kier molecular flexibility index (Phi) is 7.81. The molecule has 2 aromatic rings. The van der Waals surface area contributed by atoms with E-state index in [0.29, 0.717) is 0 Å². The third-order valence-corrected chi connectivity index (χ3v) is 5.53. The molecule has 1 aliphatic heterocycles. The fourth-order valence-electron chi connectivity index (χ4n) is 3.29. The second kappa shape index (κ2) is 10.6. The molecule has 0 saturated carbocycles. The van der Waals surface area contributed by atoms with Crippen LogP contribution in [-0.4, -0.2) is 51.3 Å². The van der Waals surface area contributed by atoms with E-state index in [1.54, 1.807) is 0 Å². The number of halogens is 2. The maximum Gasteiger partial charge on any atom is 0.340 e. The van der Waals surface area contributed by atoms with E-state index in [0.717, 1.165) is 25.8 Å². The Morgan fingerprint density at radius 2 is 1.91 bits per heavy atom. The van der Waals surface area contributed by atoms with E-state index in [1.807, 2.05) is 30.3 Å². The zero-order valence-corrected chi connectivity index (χ0v) is 19.0. The lowest BCUT2D eigenvalue weighted by Gasteiger charge is -2.38. The average molecular weight is 510 g/mol. The first kappa shape index (κ1) is 23.7. The number of benzene rings is 2. The highest BCUT2D eigenvalue weighted by Crippen LogP contribution is 2.44.